The second-order valence-corrected chi connectivity index (χ2v) is 8.28. The number of halogens is 3. The quantitative estimate of drug-likeness (QED) is 0.614. The highest BCUT2D eigenvalue weighted by Gasteiger charge is 2.34. The van der Waals surface area contributed by atoms with Crippen LogP contribution in [0.4, 0.5) is 13.2 Å². The van der Waals surface area contributed by atoms with Crippen LogP contribution in [0.5, 0.6) is 0 Å². The standard InChI is InChI=1S/C19H22F3N3O3S/c20-19(21,22)17-10-16(24-25-17)15-7-5-14(6-8-15)13-3-1-12(2-4-13)9-18(26)23-11-29(27)28/h5-8,10,12-13,29H,1-4,9,11H2,(H,23,26)(H,24,25). The summed E-state index contributed by atoms with van der Waals surface area (Å²) in [5, 5.41) is 8.13. The Morgan fingerprint density at radius 3 is 2.34 bits per heavy atom. The normalized spacial score (nSPS) is 20.0. The third kappa shape index (κ3) is 5.81. The Hall–Kier alpha value is -2.36. The fourth-order valence-corrected chi connectivity index (χ4v) is 4.04. The van der Waals surface area contributed by atoms with Crippen LogP contribution < -0.4 is 5.32 Å². The number of rotatable bonds is 6. The maximum Gasteiger partial charge on any atom is 0.435 e. The number of carbonyl (C=O) groups excluding carboxylic acids is 1. The number of alkyl halides is 3. The number of aromatic nitrogens is 2. The first-order valence-corrected chi connectivity index (χ1v) is 10.7. The van der Waals surface area contributed by atoms with E-state index in [9.17, 15) is 26.4 Å². The third-order valence-corrected chi connectivity index (χ3v) is 5.70. The van der Waals surface area contributed by atoms with Gasteiger partial charge in [-0.25, -0.2) is 8.42 Å². The van der Waals surface area contributed by atoms with Gasteiger partial charge in [-0.15, -0.1) is 0 Å². The lowest BCUT2D eigenvalue weighted by molar-refractivity contribution is -0.141. The van der Waals surface area contributed by atoms with Crippen molar-refractivity contribution in [2.24, 2.45) is 5.92 Å². The number of carbonyl (C=O) groups is 1. The molecule has 1 aromatic heterocycles. The largest absolute Gasteiger partial charge is 0.435 e. The van der Waals surface area contributed by atoms with Crippen molar-refractivity contribution in [2.45, 2.75) is 44.2 Å². The number of H-pyrrole nitrogens is 1. The van der Waals surface area contributed by atoms with E-state index in [-0.39, 0.29) is 17.7 Å². The molecule has 1 fully saturated rings. The molecule has 0 bridgehead atoms. The Bertz CT molecular complexity index is 907. The van der Waals surface area contributed by atoms with Crippen molar-refractivity contribution in [3.05, 3.63) is 41.6 Å². The Morgan fingerprint density at radius 1 is 1.14 bits per heavy atom. The van der Waals surface area contributed by atoms with Crippen LogP contribution >= 0.6 is 0 Å². The Morgan fingerprint density at radius 2 is 1.79 bits per heavy atom. The first-order chi connectivity index (χ1) is 13.7. The second kappa shape index (κ2) is 8.98. The average molecular weight is 429 g/mol. The van der Waals surface area contributed by atoms with Gasteiger partial charge in [0.15, 0.2) is 16.4 Å². The summed E-state index contributed by atoms with van der Waals surface area (Å²) < 4.78 is 59.1. The highest BCUT2D eigenvalue weighted by molar-refractivity contribution is 7.72. The number of aromatic amines is 1. The van der Waals surface area contributed by atoms with Crippen molar-refractivity contribution in [2.75, 3.05) is 5.88 Å². The highest BCUT2D eigenvalue weighted by atomic mass is 32.2. The van der Waals surface area contributed by atoms with Crippen LogP contribution in [0, 0.1) is 5.92 Å². The number of hydrogen-bond donors (Lipinski definition) is 3. The zero-order valence-corrected chi connectivity index (χ0v) is 16.4. The molecule has 1 aliphatic rings. The summed E-state index contributed by atoms with van der Waals surface area (Å²) in [6.45, 7) is 0. The summed E-state index contributed by atoms with van der Waals surface area (Å²) >= 11 is 0. The van der Waals surface area contributed by atoms with Gasteiger partial charge in [-0.2, -0.15) is 18.3 Å². The molecule has 10 heteroatoms. The van der Waals surface area contributed by atoms with Gasteiger partial charge in [-0.1, -0.05) is 24.3 Å². The molecule has 0 saturated heterocycles. The van der Waals surface area contributed by atoms with E-state index < -0.39 is 22.6 Å². The minimum atomic E-state index is -4.48. The van der Waals surface area contributed by atoms with Gasteiger partial charge in [0, 0.05) is 6.42 Å². The van der Waals surface area contributed by atoms with Gasteiger partial charge in [0.25, 0.3) is 0 Å². The average Bonchev–Trinajstić information content (AvgIpc) is 3.18. The molecule has 0 unspecified atom stereocenters. The van der Waals surface area contributed by atoms with Gasteiger partial charge >= 0.3 is 6.18 Å². The Kier molecular flexibility index (Phi) is 6.61. The van der Waals surface area contributed by atoms with Crippen LogP contribution in [0.25, 0.3) is 11.3 Å². The van der Waals surface area contributed by atoms with Crippen LogP contribution in [0.1, 0.15) is 49.3 Å². The van der Waals surface area contributed by atoms with Crippen molar-refractivity contribution >= 4 is 16.6 Å². The molecule has 1 heterocycles. The molecule has 0 aliphatic heterocycles. The Labute approximate surface area is 167 Å². The molecular formula is C19H22F3N3O3S. The first kappa shape index (κ1) is 21.4. The molecular weight excluding hydrogens is 407 g/mol. The van der Waals surface area contributed by atoms with E-state index in [0.29, 0.717) is 23.6 Å². The molecule has 0 spiro atoms. The summed E-state index contributed by atoms with van der Waals surface area (Å²) in [6, 6.07) is 8.41. The van der Waals surface area contributed by atoms with Crippen LogP contribution in [-0.4, -0.2) is 30.4 Å². The third-order valence-electron chi connectivity index (χ3n) is 5.29. The lowest BCUT2D eigenvalue weighted by Gasteiger charge is -2.28. The van der Waals surface area contributed by atoms with Crippen LogP contribution in [0.15, 0.2) is 30.3 Å². The van der Waals surface area contributed by atoms with E-state index in [1.807, 2.05) is 12.1 Å². The molecule has 3 rings (SSSR count). The fourth-order valence-electron chi connectivity index (χ4n) is 3.74. The van der Waals surface area contributed by atoms with Gasteiger partial charge in [0.2, 0.25) is 5.91 Å². The zero-order chi connectivity index (χ0) is 21.0. The number of hydrogen-bond acceptors (Lipinski definition) is 4. The number of nitrogens with zero attached hydrogens (tertiary/aromatic N) is 1. The summed E-state index contributed by atoms with van der Waals surface area (Å²) in [6.07, 6.45) is -0.574. The maximum atomic E-state index is 12.7. The summed E-state index contributed by atoms with van der Waals surface area (Å²) in [4.78, 5) is 11.7. The van der Waals surface area contributed by atoms with E-state index in [1.165, 1.54) is 0 Å². The molecule has 0 radical (unpaired) electrons. The molecule has 2 N–H and O–H groups in total. The molecule has 0 atom stereocenters. The minimum Gasteiger partial charge on any atom is -0.342 e. The summed E-state index contributed by atoms with van der Waals surface area (Å²) in [5.74, 6) is 0.0130. The minimum absolute atomic E-state index is 0.237. The van der Waals surface area contributed by atoms with Crippen molar-refractivity contribution < 1.29 is 26.4 Å². The number of nitrogens with one attached hydrogen (secondary N) is 2. The molecule has 1 saturated carbocycles. The van der Waals surface area contributed by atoms with E-state index in [4.69, 9.17) is 0 Å². The molecule has 1 amide bonds. The lowest BCUT2D eigenvalue weighted by atomic mass is 9.77. The van der Waals surface area contributed by atoms with E-state index in [2.05, 4.69) is 15.5 Å². The molecule has 1 aliphatic carbocycles. The van der Waals surface area contributed by atoms with Crippen LogP contribution in [0.2, 0.25) is 0 Å². The Balaban J connectivity index is 1.54. The van der Waals surface area contributed by atoms with Crippen LogP contribution in [0.3, 0.4) is 0 Å². The number of thiol groups is 1. The predicted octanol–water partition coefficient (Wildman–Crippen LogP) is 3.44. The number of amides is 1. The van der Waals surface area contributed by atoms with Gasteiger partial charge in [-0.05, 0) is 54.7 Å². The molecule has 2 aromatic rings. The topological polar surface area (TPSA) is 91.9 Å². The zero-order valence-electron chi connectivity index (χ0n) is 15.5. The lowest BCUT2D eigenvalue weighted by Crippen LogP contribution is -2.28. The SMILES string of the molecule is O=C(CC1CCC(c2ccc(-c3cc(C(F)(F)F)n[nH]3)cc2)CC1)NC[SH](=O)=O. The molecule has 158 valence electrons. The first-order valence-electron chi connectivity index (χ1n) is 9.34. The van der Waals surface area contributed by atoms with E-state index in [1.54, 1.807) is 12.1 Å². The maximum absolute atomic E-state index is 12.7. The van der Waals surface area contributed by atoms with Crippen molar-refractivity contribution in [1.82, 2.24) is 15.5 Å². The molecule has 1 aromatic carbocycles. The second-order valence-electron chi connectivity index (χ2n) is 7.30. The fraction of sp³-hybridized carbons (Fsp3) is 0.474. The van der Waals surface area contributed by atoms with E-state index in [0.717, 1.165) is 37.3 Å². The van der Waals surface area contributed by atoms with Gasteiger partial charge in [0.05, 0.1) is 5.69 Å². The van der Waals surface area contributed by atoms with Crippen molar-refractivity contribution in [3.63, 3.8) is 0 Å². The van der Waals surface area contributed by atoms with Gasteiger partial charge in [0.1, 0.15) is 5.88 Å². The summed E-state index contributed by atoms with van der Waals surface area (Å²) in [5.41, 5.74) is 1.13. The van der Waals surface area contributed by atoms with Gasteiger partial charge in [-0.3, -0.25) is 9.89 Å². The van der Waals surface area contributed by atoms with Crippen LogP contribution in [-0.2, 0) is 21.7 Å². The van der Waals surface area contributed by atoms with Crippen molar-refractivity contribution in [3.8, 4) is 11.3 Å². The van der Waals surface area contributed by atoms with Gasteiger partial charge < -0.3 is 5.32 Å². The highest BCUT2D eigenvalue weighted by Crippen LogP contribution is 2.38. The molecule has 29 heavy (non-hydrogen) atoms. The predicted molar refractivity (Wildman–Crippen MR) is 102 cm³/mol. The number of benzene rings is 1. The smallest absolute Gasteiger partial charge is 0.342 e. The summed E-state index contributed by atoms with van der Waals surface area (Å²) in [7, 11) is -2.61. The van der Waals surface area contributed by atoms with E-state index >= 15 is 0 Å². The monoisotopic (exact) mass is 429 g/mol. The van der Waals surface area contributed by atoms with Crippen molar-refractivity contribution in [1.29, 1.82) is 0 Å². The molecule has 6 nitrogen and oxygen atoms in total.